The Hall–Kier alpha value is -3.40. The van der Waals surface area contributed by atoms with Crippen LogP contribution in [0.3, 0.4) is 0 Å². The van der Waals surface area contributed by atoms with Crippen LogP contribution in [0, 0.1) is 23.4 Å². The molecule has 0 aromatic heterocycles. The number of nitrogens with one attached hydrogen (secondary N) is 3. The van der Waals surface area contributed by atoms with E-state index in [1.165, 1.54) is 18.2 Å². The summed E-state index contributed by atoms with van der Waals surface area (Å²) in [6.45, 7) is 6.58. The first-order valence-corrected chi connectivity index (χ1v) is 11.3. The number of halogens is 3. The van der Waals surface area contributed by atoms with Crippen LogP contribution in [0.2, 0.25) is 0 Å². The van der Waals surface area contributed by atoms with Gasteiger partial charge in [-0.3, -0.25) is 14.4 Å². The van der Waals surface area contributed by atoms with Gasteiger partial charge in [0.05, 0.1) is 6.04 Å². The van der Waals surface area contributed by atoms with E-state index < -0.39 is 23.4 Å². The van der Waals surface area contributed by atoms with Crippen molar-refractivity contribution in [3.05, 3.63) is 65.0 Å². The average molecular weight is 493 g/mol. The van der Waals surface area contributed by atoms with Gasteiger partial charge in [0.2, 0.25) is 18.2 Å². The standard InChI is InChI=1S/C18H26FN3O2.C7H5F2NO/c1-11(2)16(21-17(23)12(3)20-4)18(24)22-8-7-13-9-15(19)6-5-14(13)10-22;8-5-2-1-3-6(9)7(5)10-4-11/h5-6,9,11-12,16,20H,7-8,10H2,1-4H3,(H,21,23);1-4H,(H,10,11)/t12-,16?;/m0./s1. The third-order valence-electron chi connectivity index (χ3n) is 5.72. The number of likely N-dealkylation sites (N-methyl/N-ethyl adjacent to an activating group) is 1. The highest BCUT2D eigenvalue weighted by Gasteiger charge is 2.31. The van der Waals surface area contributed by atoms with Crippen LogP contribution >= 0.6 is 0 Å². The van der Waals surface area contributed by atoms with Gasteiger partial charge in [-0.15, -0.1) is 0 Å². The Morgan fingerprint density at radius 3 is 2.26 bits per heavy atom. The molecule has 1 heterocycles. The lowest BCUT2D eigenvalue weighted by Crippen LogP contribution is -2.55. The molecule has 10 heteroatoms. The van der Waals surface area contributed by atoms with Crippen molar-refractivity contribution in [2.24, 2.45) is 5.92 Å². The zero-order valence-electron chi connectivity index (χ0n) is 20.2. The Balaban J connectivity index is 0.000000328. The van der Waals surface area contributed by atoms with Gasteiger partial charge in [0, 0.05) is 13.1 Å². The molecular formula is C25H31F3N4O3. The molecule has 190 valence electrons. The lowest BCUT2D eigenvalue weighted by atomic mass is 9.97. The Morgan fingerprint density at radius 2 is 1.69 bits per heavy atom. The van der Waals surface area contributed by atoms with Crippen molar-refractivity contribution in [3.8, 4) is 0 Å². The van der Waals surface area contributed by atoms with Crippen LogP contribution < -0.4 is 16.0 Å². The van der Waals surface area contributed by atoms with Crippen molar-refractivity contribution in [2.45, 2.75) is 45.8 Å². The van der Waals surface area contributed by atoms with Gasteiger partial charge in [-0.1, -0.05) is 26.0 Å². The summed E-state index contributed by atoms with van der Waals surface area (Å²) in [6.07, 6.45) is 0.853. The second kappa shape index (κ2) is 12.9. The minimum Gasteiger partial charge on any atom is -0.343 e. The Kier molecular flexibility index (Phi) is 10.3. The third-order valence-corrected chi connectivity index (χ3v) is 5.72. The van der Waals surface area contributed by atoms with E-state index in [4.69, 9.17) is 0 Å². The van der Waals surface area contributed by atoms with Crippen molar-refractivity contribution in [3.63, 3.8) is 0 Å². The second-order valence-corrected chi connectivity index (χ2v) is 8.52. The predicted molar refractivity (Wildman–Crippen MR) is 127 cm³/mol. The molecule has 2 atom stereocenters. The van der Waals surface area contributed by atoms with E-state index in [-0.39, 0.29) is 36.0 Å². The fraction of sp³-hybridized carbons (Fsp3) is 0.400. The highest BCUT2D eigenvalue weighted by atomic mass is 19.1. The van der Waals surface area contributed by atoms with Crippen molar-refractivity contribution < 1.29 is 27.6 Å². The lowest BCUT2D eigenvalue weighted by Gasteiger charge is -2.33. The number of carbonyl (C=O) groups is 3. The van der Waals surface area contributed by atoms with E-state index in [0.29, 0.717) is 19.5 Å². The number of anilines is 1. The van der Waals surface area contributed by atoms with Gasteiger partial charge in [0.15, 0.2) is 0 Å². The first-order valence-electron chi connectivity index (χ1n) is 11.3. The number of carbonyl (C=O) groups excluding carboxylic acids is 3. The summed E-state index contributed by atoms with van der Waals surface area (Å²) < 4.78 is 38.5. The number of hydrogen-bond donors (Lipinski definition) is 3. The second-order valence-electron chi connectivity index (χ2n) is 8.52. The Morgan fingerprint density at radius 1 is 1.03 bits per heavy atom. The average Bonchev–Trinajstić information content (AvgIpc) is 2.83. The van der Waals surface area contributed by atoms with Gasteiger partial charge >= 0.3 is 0 Å². The molecule has 0 saturated heterocycles. The summed E-state index contributed by atoms with van der Waals surface area (Å²) in [4.78, 5) is 36.6. The van der Waals surface area contributed by atoms with E-state index >= 15 is 0 Å². The fourth-order valence-corrected chi connectivity index (χ4v) is 3.52. The molecule has 35 heavy (non-hydrogen) atoms. The third kappa shape index (κ3) is 7.54. The molecule has 0 spiro atoms. The first kappa shape index (κ1) is 27.8. The number of para-hydroxylation sites is 1. The van der Waals surface area contributed by atoms with E-state index in [2.05, 4.69) is 10.6 Å². The Bertz CT molecular complexity index is 1030. The van der Waals surface area contributed by atoms with Crippen LogP contribution in [0.4, 0.5) is 18.9 Å². The van der Waals surface area contributed by atoms with Crippen LogP contribution in [0.25, 0.3) is 0 Å². The van der Waals surface area contributed by atoms with Crippen molar-refractivity contribution >= 4 is 23.9 Å². The van der Waals surface area contributed by atoms with Crippen molar-refractivity contribution in [2.75, 3.05) is 18.9 Å². The molecule has 1 aliphatic rings. The van der Waals surface area contributed by atoms with E-state index in [0.717, 1.165) is 23.3 Å². The maximum Gasteiger partial charge on any atom is 0.245 e. The molecule has 0 aliphatic carbocycles. The van der Waals surface area contributed by atoms with E-state index in [1.807, 2.05) is 19.2 Å². The molecule has 3 rings (SSSR count). The molecule has 0 radical (unpaired) electrons. The van der Waals surface area contributed by atoms with Crippen LogP contribution in [0.1, 0.15) is 31.9 Å². The SMILES string of the molecule is CN[C@@H](C)C(=O)NC(C(=O)N1CCc2cc(F)ccc2C1)C(C)C.O=CNc1c(F)cccc1F. The highest BCUT2D eigenvalue weighted by molar-refractivity contribution is 5.90. The molecule has 1 aliphatic heterocycles. The number of hydrogen-bond acceptors (Lipinski definition) is 4. The predicted octanol–water partition coefficient (Wildman–Crippen LogP) is 2.99. The minimum absolute atomic E-state index is 0.0138. The van der Waals surface area contributed by atoms with Gasteiger partial charge in [-0.05, 0) is 61.7 Å². The molecule has 0 bridgehead atoms. The van der Waals surface area contributed by atoms with Gasteiger partial charge < -0.3 is 20.9 Å². The smallest absolute Gasteiger partial charge is 0.245 e. The molecule has 7 nitrogen and oxygen atoms in total. The zero-order chi connectivity index (χ0) is 26.1. The minimum atomic E-state index is -0.780. The number of benzene rings is 2. The highest BCUT2D eigenvalue weighted by Crippen LogP contribution is 2.21. The Labute approximate surface area is 203 Å². The van der Waals surface area contributed by atoms with Crippen LogP contribution in [-0.2, 0) is 27.3 Å². The maximum absolute atomic E-state index is 13.3. The first-order chi connectivity index (χ1) is 16.6. The molecule has 0 saturated carbocycles. The number of rotatable bonds is 7. The lowest BCUT2D eigenvalue weighted by molar-refractivity contribution is -0.138. The summed E-state index contributed by atoms with van der Waals surface area (Å²) in [5.41, 5.74) is 1.50. The van der Waals surface area contributed by atoms with Gasteiger partial charge in [-0.25, -0.2) is 13.2 Å². The monoisotopic (exact) mass is 492 g/mol. The quantitative estimate of drug-likeness (QED) is 0.519. The largest absolute Gasteiger partial charge is 0.343 e. The topological polar surface area (TPSA) is 90.5 Å². The molecule has 2 aromatic carbocycles. The molecule has 3 amide bonds. The van der Waals surface area contributed by atoms with E-state index in [1.54, 1.807) is 24.9 Å². The molecular weight excluding hydrogens is 461 g/mol. The summed E-state index contributed by atoms with van der Waals surface area (Å²) >= 11 is 0. The molecule has 0 fully saturated rings. The summed E-state index contributed by atoms with van der Waals surface area (Å²) in [7, 11) is 1.71. The van der Waals surface area contributed by atoms with Crippen LogP contribution in [0.5, 0.6) is 0 Å². The summed E-state index contributed by atoms with van der Waals surface area (Å²) in [6, 6.07) is 7.12. The van der Waals surface area contributed by atoms with Crippen molar-refractivity contribution in [1.29, 1.82) is 0 Å². The normalized spacial score (nSPS) is 14.2. The molecule has 3 N–H and O–H groups in total. The van der Waals surface area contributed by atoms with Crippen LogP contribution in [-0.4, -0.2) is 48.8 Å². The van der Waals surface area contributed by atoms with Crippen molar-refractivity contribution in [1.82, 2.24) is 15.5 Å². The van der Waals surface area contributed by atoms with Gasteiger partial charge in [0.1, 0.15) is 29.2 Å². The fourth-order valence-electron chi connectivity index (χ4n) is 3.52. The zero-order valence-corrected chi connectivity index (χ0v) is 20.2. The van der Waals surface area contributed by atoms with E-state index in [9.17, 15) is 27.6 Å². The number of amides is 3. The summed E-state index contributed by atoms with van der Waals surface area (Å²) in [5.74, 6) is -2.10. The maximum atomic E-state index is 13.3. The van der Waals surface area contributed by atoms with Gasteiger partial charge in [0.25, 0.3) is 0 Å². The number of nitrogens with zero attached hydrogens (tertiary/aromatic N) is 1. The number of fused-ring (bicyclic) bond motifs is 1. The molecule has 2 aromatic rings. The molecule has 1 unspecified atom stereocenters. The van der Waals surface area contributed by atoms with Crippen LogP contribution in [0.15, 0.2) is 36.4 Å². The summed E-state index contributed by atoms with van der Waals surface area (Å²) in [5, 5.41) is 7.63. The van der Waals surface area contributed by atoms with Gasteiger partial charge in [-0.2, -0.15) is 0 Å².